The number of ether oxygens (including phenoxy) is 1. The van der Waals surface area contributed by atoms with Gasteiger partial charge in [-0.3, -0.25) is 0 Å². The molecule has 106 valence electrons. The maximum atomic E-state index is 11.2. The van der Waals surface area contributed by atoms with Crippen molar-refractivity contribution < 1.29 is 14.6 Å². The van der Waals surface area contributed by atoms with Crippen LogP contribution in [-0.2, 0) is 4.79 Å². The standard InChI is InChI=1S/C10H6Cl6O3/c11-4-1-2-6(5(12)3-4)19-7(8(17)18)10(15,16)9(13)14/h1-3,7,9H,(H,17,18). The molecule has 1 aromatic rings. The molecule has 1 atom stereocenters. The van der Waals surface area contributed by atoms with E-state index in [2.05, 4.69) is 0 Å². The Hall–Kier alpha value is 0.230. The molecule has 9 heteroatoms. The van der Waals surface area contributed by atoms with Crippen molar-refractivity contribution >= 4 is 75.6 Å². The summed E-state index contributed by atoms with van der Waals surface area (Å²) in [5, 5.41) is 9.55. The summed E-state index contributed by atoms with van der Waals surface area (Å²) in [6.45, 7) is 0. The fourth-order valence-electron chi connectivity index (χ4n) is 1.11. The molecule has 0 aromatic heterocycles. The minimum absolute atomic E-state index is 0.0399. The summed E-state index contributed by atoms with van der Waals surface area (Å²) in [6, 6.07) is 4.22. The Morgan fingerprint density at radius 1 is 1.26 bits per heavy atom. The van der Waals surface area contributed by atoms with E-state index < -0.39 is 21.2 Å². The first kappa shape index (κ1) is 17.3. The van der Waals surface area contributed by atoms with Crippen LogP contribution < -0.4 is 4.74 Å². The Bertz CT molecular complexity index is 476. The van der Waals surface area contributed by atoms with Gasteiger partial charge in [0.2, 0.25) is 6.10 Å². The smallest absolute Gasteiger partial charge is 0.348 e. The number of benzene rings is 1. The van der Waals surface area contributed by atoms with Gasteiger partial charge in [-0.25, -0.2) is 4.79 Å². The van der Waals surface area contributed by atoms with Gasteiger partial charge in [0.25, 0.3) is 0 Å². The zero-order valence-corrected chi connectivity index (χ0v) is 13.5. The molecule has 19 heavy (non-hydrogen) atoms. The molecule has 1 unspecified atom stereocenters. The molecule has 0 aliphatic heterocycles. The molecular formula is C10H6Cl6O3. The summed E-state index contributed by atoms with van der Waals surface area (Å²) in [7, 11) is 0. The number of halogens is 6. The second-order valence-corrected chi connectivity index (χ2v) is 6.77. The monoisotopic (exact) mass is 384 g/mol. The maximum absolute atomic E-state index is 11.2. The quantitative estimate of drug-likeness (QED) is 0.739. The van der Waals surface area contributed by atoms with Crippen molar-refractivity contribution in [1.29, 1.82) is 0 Å². The van der Waals surface area contributed by atoms with E-state index in [0.29, 0.717) is 5.02 Å². The number of hydrogen-bond donors (Lipinski definition) is 1. The van der Waals surface area contributed by atoms with E-state index in [1.807, 2.05) is 0 Å². The Labute approximate surface area is 139 Å². The van der Waals surface area contributed by atoms with E-state index >= 15 is 0 Å². The molecule has 0 saturated heterocycles. The number of hydrogen-bond acceptors (Lipinski definition) is 2. The van der Waals surface area contributed by atoms with Gasteiger partial charge < -0.3 is 9.84 Å². The SMILES string of the molecule is O=C(O)C(Oc1ccc(Cl)cc1Cl)C(Cl)(Cl)C(Cl)Cl. The van der Waals surface area contributed by atoms with E-state index in [4.69, 9.17) is 79.4 Å². The molecule has 0 radical (unpaired) electrons. The normalized spacial score (nSPS) is 13.4. The van der Waals surface area contributed by atoms with Crippen LogP contribution in [0.5, 0.6) is 5.75 Å². The molecule has 1 rings (SSSR count). The second-order valence-electron chi connectivity index (χ2n) is 3.39. The lowest BCUT2D eigenvalue weighted by Gasteiger charge is -2.28. The van der Waals surface area contributed by atoms with Gasteiger partial charge in [-0.05, 0) is 18.2 Å². The van der Waals surface area contributed by atoms with Crippen molar-refractivity contribution in [2.45, 2.75) is 15.3 Å². The highest BCUT2D eigenvalue weighted by Crippen LogP contribution is 2.39. The Balaban J connectivity index is 3.06. The largest absolute Gasteiger partial charge is 0.478 e. The van der Waals surface area contributed by atoms with E-state index in [1.54, 1.807) is 0 Å². The zero-order valence-electron chi connectivity index (χ0n) is 8.92. The summed E-state index contributed by atoms with van der Waals surface area (Å²) >= 11 is 34.2. The van der Waals surface area contributed by atoms with Gasteiger partial charge in [-0.1, -0.05) is 46.4 Å². The summed E-state index contributed by atoms with van der Waals surface area (Å²) in [4.78, 5) is 9.77. The average molecular weight is 387 g/mol. The molecule has 3 nitrogen and oxygen atoms in total. The minimum atomic E-state index is -2.06. The summed E-state index contributed by atoms with van der Waals surface area (Å²) < 4.78 is 3.11. The van der Waals surface area contributed by atoms with E-state index in [1.165, 1.54) is 18.2 Å². The van der Waals surface area contributed by atoms with Crippen molar-refractivity contribution in [2.24, 2.45) is 0 Å². The topological polar surface area (TPSA) is 46.5 Å². The molecule has 0 fully saturated rings. The lowest BCUT2D eigenvalue weighted by atomic mass is 10.2. The lowest BCUT2D eigenvalue weighted by Crippen LogP contribution is -2.47. The first-order valence-corrected chi connectivity index (χ1v) is 7.05. The number of alkyl halides is 4. The van der Waals surface area contributed by atoms with Crippen molar-refractivity contribution in [3.05, 3.63) is 28.2 Å². The number of carbonyl (C=O) groups is 1. The van der Waals surface area contributed by atoms with Crippen LogP contribution in [0, 0.1) is 0 Å². The van der Waals surface area contributed by atoms with Gasteiger partial charge in [0.1, 0.15) is 10.6 Å². The molecule has 0 bridgehead atoms. The van der Waals surface area contributed by atoms with Gasteiger partial charge in [0, 0.05) is 5.02 Å². The summed E-state index contributed by atoms with van der Waals surface area (Å²) in [5.74, 6) is -1.40. The third-order valence-electron chi connectivity index (χ3n) is 2.00. The lowest BCUT2D eigenvalue weighted by molar-refractivity contribution is -0.145. The zero-order chi connectivity index (χ0) is 14.8. The fourth-order valence-corrected chi connectivity index (χ4v) is 2.06. The van der Waals surface area contributed by atoms with Crippen molar-refractivity contribution in [2.75, 3.05) is 0 Å². The van der Waals surface area contributed by atoms with Gasteiger partial charge in [0.15, 0.2) is 4.33 Å². The third kappa shape index (κ3) is 4.35. The van der Waals surface area contributed by atoms with Crippen LogP contribution in [0.4, 0.5) is 0 Å². The molecule has 0 saturated carbocycles. The van der Waals surface area contributed by atoms with E-state index in [-0.39, 0.29) is 10.8 Å². The van der Waals surface area contributed by atoms with Crippen molar-refractivity contribution in [3.8, 4) is 5.75 Å². The molecule has 1 aromatic carbocycles. The second kappa shape index (κ2) is 6.79. The third-order valence-corrected chi connectivity index (χ3v) is 4.50. The number of carboxylic acid groups (broad SMARTS) is 1. The van der Waals surface area contributed by atoms with E-state index in [0.717, 1.165) is 0 Å². The highest BCUT2D eigenvalue weighted by Gasteiger charge is 2.48. The minimum Gasteiger partial charge on any atom is -0.478 e. The predicted octanol–water partition coefficient (Wildman–Crippen LogP) is 4.80. The number of aliphatic carboxylic acids is 1. The Morgan fingerprint density at radius 2 is 1.84 bits per heavy atom. The van der Waals surface area contributed by atoms with Gasteiger partial charge >= 0.3 is 5.97 Å². The fraction of sp³-hybridized carbons (Fsp3) is 0.300. The van der Waals surface area contributed by atoms with Crippen LogP contribution >= 0.6 is 69.6 Å². The van der Waals surface area contributed by atoms with Crippen LogP contribution in [0.1, 0.15) is 0 Å². The van der Waals surface area contributed by atoms with Crippen LogP contribution in [-0.4, -0.2) is 26.3 Å². The molecule has 0 aliphatic carbocycles. The summed E-state index contributed by atoms with van der Waals surface area (Å²) in [6.07, 6.45) is -1.71. The highest BCUT2D eigenvalue weighted by molar-refractivity contribution is 6.60. The number of rotatable bonds is 5. The predicted molar refractivity (Wildman–Crippen MR) is 78.4 cm³/mol. The Morgan fingerprint density at radius 3 is 2.26 bits per heavy atom. The Kier molecular flexibility index (Phi) is 6.18. The molecular weight excluding hydrogens is 381 g/mol. The van der Waals surface area contributed by atoms with Crippen LogP contribution in [0.25, 0.3) is 0 Å². The molecule has 0 amide bonds. The molecule has 0 spiro atoms. The molecule has 1 N–H and O–H groups in total. The molecule has 0 heterocycles. The van der Waals surface area contributed by atoms with Gasteiger partial charge in [-0.15, -0.1) is 23.2 Å². The average Bonchev–Trinajstić information content (AvgIpc) is 2.26. The van der Waals surface area contributed by atoms with Gasteiger partial charge in [-0.2, -0.15) is 0 Å². The van der Waals surface area contributed by atoms with Crippen LogP contribution in [0.2, 0.25) is 10.0 Å². The van der Waals surface area contributed by atoms with Crippen LogP contribution in [0.15, 0.2) is 18.2 Å². The highest BCUT2D eigenvalue weighted by atomic mass is 35.5. The summed E-state index contributed by atoms with van der Waals surface area (Å²) in [5.41, 5.74) is 0. The van der Waals surface area contributed by atoms with E-state index in [9.17, 15) is 4.79 Å². The van der Waals surface area contributed by atoms with Crippen molar-refractivity contribution in [1.82, 2.24) is 0 Å². The number of carboxylic acids is 1. The first-order chi connectivity index (χ1) is 8.66. The molecule has 0 aliphatic rings. The van der Waals surface area contributed by atoms with Crippen LogP contribution in [0.3, 0.4) is 0 Å². The van der Waals surface area contributed by atoms with Crippen molar-refractivity contribution in [3.63, 3.8) is 0 Å². The van der Waals surface area contributed by atoms with Gasteiger partial charge in [0.05, 0.1) is 5.02 Å². The maximum Gasteiger partial charge on any atom is 0.348 e. The first-order valence-electron chi connectivity index (χ1n) is 4.66.